The lowest BCUT2D eigenvalue weighted by atomic mass is 9.83. The summed E-state index contributed by atoms with van der Waals surface area (Å²) in [5.41, 5.74) is 10.5. The minimum absolute atomic E-state index is 0.236. The predicted molar refractivity (Wildman–Crippen MR) is 345 cm³/mol. The van der Waals surface area contributed by atoms with Gasteiger partial charge in [0.2, 0.25) is 0 Å². The fraction of sp³-hybridized carbons (Fsp3) is 0.529. The van der Waals surface area contributed by atoms with Gasteiger partial charge in [-0.2, -0.15) is 0 Å². The molecule has 0 bridgehead atoms. The van der Waals surface area contributed by atoms with E-state index in [9.17, 15) is 9.59 Å². The molecule has 76 heavy (non-hydrogen) atoms. The molecule has 0 saturated heterocycles. The van der Waals surface area contributed by atoms with Gasteiger partial charge in [0, 0.05) is 15.1 Å². The number of aryl methyl sites for hydroxylation is 1. The lowest BCUT2D eigenvalue weighted by Gasteiger charge is -2.22. The zero-order chi connectivity index (χ0) is 59.3. The largest absolute Gasteiger partial charge is 0.465 e. The Labute approximate surface area is 491 Å². The summed E-state index contributed by atoms with van der Waals surface area (Å²) in [7, 11) is 1.30. The molecule has 5 unspecified atom stereocenters. The molecule has 1 aliphatic carbocycles. The van der Waals surface area contributed by atoms with E-state index in [1.807, 2.05) is 113 Å². The summed E-state index contributed by atoms with van der Waals surface area (Å²) in [6.45, 7) is 41.3. The van der Waals surface area contributed by atoms with Gasteiger partial charge in [0.05, 0.1) is 22.7 Å². The Morgan fingerprint density at radius 3 is 1.43 bits per heavy atom. The van der Waals surface area contributed by atoms with Gasteiger partial charge < -0.3 is 9.84 Å². The second-order valence-corrected chi connectivity index (χ2v) is 19.6. The Hall–Kier alpha value is -3.45. The van der Waals surface area contributed by atoms with Crippen molar-refractivity contribution < 1.29 is 19.4 Å². The lowest BCUT2D eigenvalue weighted by molar-refractivity contribution is 0.0600. The fourth-order valence-electron chi connectivity index (χ4n) is 7.28. The van der Waals surface area contributed by atoms with E-state index >= 15 is 0 Å². The van der Waals surface area contributed by atoms with Crippen LogP contribution in [-0.4, -0.2) is 30.6 Å². The summed E-state index contributed by atoms with van der Waals surface area (Å²) >= 11 is 20.9. The number of Topliss-reactive ketones (excluding diaryl/α,β-unsaturated/α-hetero) is 1. The highest BCUT2D eigenvalue weighted by molar-refractivity contribution is 9.10. The zero-order valence-corrected chi connectivity index (χ0v) is 55.3. The Bertz CT molecular complexity index is 2170. The smallest absolute Gasteiger partial charge is 0.337 e. The van der Waals surface area contributed by atoms with Gasteiger partial charge in [-0.3, -0.25) is 4.79 Å². The first kappa shape index (κ1) is 79.0. The van der Waals surface area contributed by atoms with E-state index in [0.717, 1.165) is 29.3 Å². The van der Waals surface area contributed by atoms with Crippen LogP contribution in [0.25, 0.3) is 0 Å². The van der Waals surface area contributed by atoms with E-state index in [4.69, 9.17) is 39.9 Å². The third-order valence-electron chi connectivity index (χ3n) is 12.8. The number of halogens is 4. The Morgan fingerprint density at radius 2 is 0.961 bits per heavy atom. The zero-order valence-electron chi connectivity index (χ0n) is 51.5. The molecule has 0 fully saturated rings. The Morgan fingerprint density at radius 1 is 0.513 bits per heavy atom. The maximum absolute atomic E-state index is 11.5. The highest BCUT2D eigenvalue weighted by Gasteiger charge is 2.17. The molecule has 5 aromatic carbocycles. The molecule has 1 N–H and O–H groups in total. The summed E-state index contributed by atoms with van der Waals surface area (Å²) in [6.07, 6.45) is 11.1. The number of aliphatic hydroxyl groups is 1. The highest BCUT2D eigenvalue weighted by atomic mass is 79.9. The predicted octanol–water partition coefficient (Wildman–Crippen LogP) is 23.7. The highest BCUT2D eigenvalue weighted by Crippen LogP contribution is 2.31. The summed E-state index contributed by atoms with van der Waals surface area (Å²) in [6, 6.07) is 34.2. The quantitative estimate of drug-likeness (QED) is 0.0943. The molecule has 0 aliphatic heterocycles. The van der Waals surface area contributed by atoms with Gasteiger partial charge in [0.15, 0.2) is 5.78 Å². The number of ketones is 1. The molecule has 0 radical (unpaired) electrons. The van der Waals surface area contributed by atoms with Crippen LogP contribution < -0.4 is 0 Å². The average Bonchev–Trinajstić information content (AvgIpc) is 3.49. The van der Waals surface area contributed by atoms with E-state index in [1.165, 1.54) is 79.3 Å². The minimum atomic E-state index is -0.565. The van der Waals surface area contributed by atoms with Crippen molar-refractivity contribution in [2.75, 3.05) is 13.7 Å². The number of carbonyl (C=O) groups excluding carboxylic acids is 2. The number of hydrogen-bond donors (Lipinski definition) is 1. The van der Waals surface area contributed by atoms with E-state index in [0.29, 0.717) is 38.9 Å². The van der Waals surface area contributed by atoms with Gasteiger partial charge in [0.1, 0.15) is 6.61 Å². The molecule has 5 aromatic rings. The van der Waals surface area contributed by atoms with Crippen LogP contribution in [0.1, 0.15) is 273 Å². The van der Waals surface area contributed by atoms with E-state index in [-0.39, 0.29) is 5.92 Å². The SMILES string of the molecule is CC.CC.CC.CC.CC.CCC(C)c1cc(C(=O)CO)cc(C(=O)OC)c1.CCC(C)c1ccc(Cl)c(Cl)c1.CCC(C)c1ccc(Cl)cc1.CCC(C)c1cccc(Br)c1.CCC(C)c1cccc2c1CCCC2. The number of esters is 1. The Balaban J connectivity index is -0.000000412. The summed E-state index contributed by atoms with van der Waals surface area (Å²) in [5, 5.41) is 11.0. The fourth-order valence-corrected chi connectivity index (χ4v) is 8.13. The van der Waals surface area contributed by atoms with Crippen LogP contribution in [0.15, 0.2) is 108 Å². The standard InChI is InChI=1S/C14H18O4.C14H20.C10H13Br.C10H12Cl2.C10H13Cl.5C2H6/c1-4-9(2)10-5-11(13(16)8-15)7-12(6-10)14(17)18-3;1-3-11(2)13-10-6-8-12-7-4-5-9-14(12)13;1-3-8(2)9-5-4-6-10(11)7-9;1-3-7(2)8-4-5-9(11)10(12)6-8;1-3-8(2)9-4-6-10(11)7-5-9;5*1-2/h5-7,9,15H,4,8H2,1-3H3;6,8,10-11H,3-5,7,9H2,1-2H3;4-8H,3H2,1-2H3;4-7H,3H2,1-2H3;4-8H,3H2,1-2H3;5*1-2H3. The molecule has 5 atom stereocenters. The van der Waals surface area contributed by atoms with Crippen LogP contribution >= 0.6 is 50.7 Å². The van der Waals surface area contributed by atoms with Crippen LogP contribution in [0, 0.1) is 0 Å². The number of benzene rings is 5. The van der Waals surface area contributed by atoms with Crippen molar-refractivity contribution >= 4 is 62.5 Å². The first-order chi connectivity index (χ1) is 36.5. The van der Waals surface area contributed by atoms with Gasteiger partial charge >= 0.3 is 5.97 Å². The number of rotatable bonds is 13. The molecule has 4 nitrogen and oxygen atoms in total. The molecule has 6 rings (SSSR count). The monoisotopic (exact) mass is 1170 g/mol. The number of carbonyl (C=O) groups is 2. The molecule has 1 aliphatic rings. The van der Waals surface area contributed by atoms with Crippen LogP contribution in [0.2, 0.25) is 15.1 Å². The summed E-state index contributed by atoms with van der Waals surface area (Å²) in [4.78, 5) is 23.1. The van der Waals surface area contributed by atoms with Gasteiger partial charge in [-0.1, -0.05) is 238 Å². The van der Waals surface area contributed by atoms with E-state index in [2.05, 4.69) is 131 Å². The number of hydrogen-bond acceptors (Lipinski definition) is 4. The van der Waals surface area contributed by atoms with Crippen molar-refractivity contribution in [2.24, 2.45) is 0 Å². The van der Waals surface area contributed by atoms with Crippen molar-refractivity contribution in [3.63, 3.8) is 0 Å². The molecule has 0 amide bonds. The molecule has 430 valence electrons. The number of methoxy groups -OCH3 is 1. The minimum Gasteiger partial charge on any atom is -0.465 e. The molecule has 8 heteroatoms. The van der Waals surface area contributed by atoms with E-state index < -0.39 is 18.4 Å². The van der Waals surface area contributed by atoms with Gasteiger partial charge in [0.25, 0.3) is 0 Å². The van der Waals surface area contributed by atoms with Crippen LogP contribution in [0.5, 0.6) is 0 Å². The second kappa shape index (κ2) is 49.8. The number of fused-ring (bicyclic) bond motifs is 1. The van der Waals surface area contributed by atoms with Crippen LogP contribution in [0.3, 0.4) is 0 Å². The van der Waals surface area contributed by atoms with Gasteiger partial charge in [-0.25, -0.2) is 4.79 Å². The first-order valence-corrected chi connectivity index (χ1v) is 30.8. The first-order valence-electron chi connectivity index (χ1n) is 28.9. The van der Waals surface area contributed by atoms with Crippen molar-refractivity contribution in [1.82, 2.24) is 0 Å². The molecule has 0 spiro atoms. The van der Waals surface area contributed by atoms with Crippen LogP contribution in [0.4, 0.5) is 0 Å². The normalized spacial score (nSPS) is 12.3. The summed E-state index contributed by atoms with van der Waals surface area (Å²) < 4.78 is 5.84. The van der Waals surface area contributed by atoms with E-state index in [1.54, 1.807) is 28.8 Å². The number of aliphatic hydroxyl groups excluding tert-OH is 1. The molecular formula is C68H106BrCl3O4. The van der Waals surface area contributed by atoms with Crippen molar-refractivity contribution in [3.8, 4) is 0 Å². The third-order valence-corrected chi connectivity index (χ3v) is 14.3. The topological polar surface area (TPSA) is 63.6 Å². The van der Waals surface area contributed by atoms with Crippen LogP contribution in [-0.2, 0) is 17.6 Å². The third kappa shape index (κ3) is 31.2. The number of ether oxygens (including phenoxy) is 1. The molecular weight excluding hydrogens is 1070 g/mol. The Kier molecular flexibility index (Phi) is 51.8. The second-order valence-electron chi connectivity index (χ2n) is 17.4. The van der Waals surface area contributed by atoms with Gasteiger partial charge in [-0.15, -0.1) is 0 Å². The molecule has 0 heterocycles. The maximum atomic E-state index is 11.5. The molecule has 0 saturated carbocycles. The summed E-state index contributed by atoms with van der Waals surface area (Å²) in [5.74, 6) is 1.97. The lowest BCUT2D eigenvalue weighted by Crippen LogP contribution is -2.10. The van der Waals surface area contributed by atoms with Crippen molar-refractivity contribution in [1.29, 1.82) is 0 Å². The van der Waals surface area contributed by atoms with Crippen molar-refractivity contribution in [3.05, 3.63) is 173 Å². The maximum Gasteiger partial charge on any atom is 0.337 e. The average molecular weight is 1170 g/mol. The van der Waals surface area contributed by atoms with Crippen molar-refractivity contribution in [2.45, 2.75) is 226 Å². The van der Waals surface area contributed by atoms with Gasteiger partial charge in [-0.05, 0) is 181 Å². The molecule has 0 aromatic heterocycles.